The smallest absolute Gasteiger partial charge is 0.228 e. The first-order valence-corrected chi connectivity index (χ1v) is 8.24. The van der Waals surface area contributed by atoms with E-state index in [1.165, 1.54) is 12.1 Å². The average Bonchev–Trinajstić information content (AvgIpc) is 2.91. The molecule has 0 saturated heterocycles. The fourth-order valence-corrected chi connectivity index (χ4v) is 4.74. The van der Waals surface area contributed by atoms with Crippen LogP contribution in [0.4, 0.5) is 13.2 Å². The maximum Gasteiger partial charge on any atom is 0.416 e. The van der Waals surface area contributed by atoms with Crippen molar-refractivity contribution < 1.29 is 21.6 Å². The fraction of sp³-hybridized carbons (Fsp3) is 0.571. The minimum absolute atomic E-state index is 0.347. The van der Waals surface area contributed by atoms with Crippen molar-refractivity contribution in [1.82, 2.24) is 0 Å². The lowest BCUT2D eigenvalue weighted by atomic mass is 10.1. The van der Waals surface area contributed by atoms with E-state index in [2.05, 4.69) is 0 Å². The predicted octanol–water partition coefficient (Wildman–Crippen LogP) is 4.12. The molecule has 1 atom stereocenters. The Kier molecular flexibility index (Phi) is 4.14. The van der Waals surface area contributed by atoms with Crippen molar-refractivity contribution in [3.05, 3.63) is 35.4 Å². The average molecular weight is 306 g/mol. The van der Waals surface area contributed by atoms with Crippen molar-refractivity contribution in [2.45, 2.75) is 49.3 Å². The molecule has 6 heteroatoms. The monoisotopic (exact) mass is 306 g/mol. The summed E-state index contributed by atoms with van der Waals surface area (Å²) in [5, 5.41) is -1.10. The largest absolute Gasteiger partial charge is 0.416 e. The molecule has 1 unspecified atom stereocenters. The van der Waals surface area contributed by atoms with Gasteiger partial charge in [0.25, 0.3) is 0 Å². The number of hydrogen-bond acceptors (Lipinski definition) is 2. The quantitative estimate of drug-likeness (QED) is 0.841. The molecule has 1 aliphatic rings. The van der Waals surface area contributed by atoms with E-state index in [1.807, 2.05) is 0 Å². The molecule has 0 radical (unpaired) electrons. The van der Waals surface area contributed by atoms with Crippen LogP contribution in [-0.4, -0.2) is 13.7 Å². The molecule has 2 nitrogen and oxygen atoms in total. The number of sulfone groups is 1. The molecule has 0 aliphatic heterocycles. The first-order valence-electron chi connectivity index (χ1n) is 6.63. The molecule has 0 amide bonds. The Hall–Kier alpha value is -1.04. The van der Waals surface area contributed by atoms with Crippen molar-refractivity contribution in [1.29, 1.82) is 0 Å². The third kappa shape index (κ3) is 3.00. The lowest BCUT2D eigenvalue weighted by Gasteiger charge is -2.18. The second-order valence-electron chi connectivity index (χ2n) is 5.26. The van der Waals surface area contributed by atoms with Crippen LogP contribution in [0.25, 0.3) is 0 Å². The van der Waals surface area contributed by atoms with Crippen LogP contribution < -0.4 is 0 Å². The first kappa shape index (κ1) is 15.4. The highest BCUT2D eigenvalue weighted by molar-refractivity contribution is 7.92. The third-order valence-electron chi connectivity index (χ3n) is 3.97. The third-order valence-corrected chi connectivity index (χ3v) is 6.63. The molecule has 1 fully saturated rings. The molecular weight excluding hydrogens is 289 g/mol. The summed E-state index contributed by atoms with van der Waals surface area (Å²) in [7, 11) is -3.32. The molecule has 0 spiro atoms. The van der Waals surface area contributed by atoms with Crippen LogP contribution in [-0.2, 0) is 16.0 Å². The van der Waals surface area contributed by atoms with Gasteiger partial charge in [0.2, 0.25) is 0 Å². The van der Waals surface area contributed by atoms with E-state index >= 15 is 0 Å². The van der Waals surface area contributed by atoms with E-state index in [9.17, 15) is 21.6 Å². The minimum Gasteiger partial charge on any atom is -0.228 e. The molecule has 2 rings (SSSR count). The van der Waals surface area contributed by atoms with Crippen LogP contribution in [0.1, 0.15) is 49.0 Å². The Bertz CT molecular complexity index is 555. The Morgan fingerprint density at radius 2 is 1.60 bits per heavy atom. The topological polar surface area (TPSA) is 34.1 Å². The summed E-state index contributed by atoms with van der Waals surface area (Å²) in [6.07, 6.45) is -1.26. The van der Waals surface area contributed by atoms with Gasteiger partial charge in [-0.15, -0.1) is 0 Å². The lowest BCUT2D eigenvalue weighted by molar-refractivity contribution is -0.137. The molecule has 0 heterocycles. The lowest BCUT2D eigenvalue weighted by Crippen LogP contribution is -2.23. The van der Waals surface area contributed by atoms with Crippen molar-refractivity contribution in [2.75, 3.05) is 0 Å². The van der Waals surface area contributed by atoms with Crippen LogP contribution >= 0.6 is 0 Å². The van der Waals surface area contributed by atoms with Gasteiger partial charge in [-0.25, -0.2) is 8.42 Å². The molecule has 1 aromatic carbocycles. The van der Waals surface area contributed by atoms with Gasteiger partial charge >= 0.3 is 6.18 Å². The molecule has 20 heavy (non-hydrogen) atoms. The summed E-state index contributed by atoms with van der Waals surface area (Å²) < 4.78 is 62.2. The van der Waals surface area contributed by atoms with Gasteiger partial charge < -0.3 is 0 Å². The Labute approximate surface area is 116 Å². The van der Waals surface area contributed by atoms with Gasteiger partial charge in [-0.2, -0.15) is 13.2 Å². The summed E-state index contributed by atoms with van der Waals surface area (Å²) in [5.74, 6) is 0. The first-order chi connectivity index (χ1) is 9.23. The SMILES string of the molecule is CC(c1ccc(C(F)(F)F)cc1)S(=O)(=O)C1CCCC1. The molecule has 0 bridgehead atoms. The zero-order valence-electron chi connectivity index (χ0n) is 11.2. The fourth-order valence-electron chi connectivity index (χ4n) is 2.64. The summed E-state index contributed by atoms with van der Waals surface area (Å²) in [6, 6.07) is 4.41. The molecule has 1 aliphatic carbocycles. The molecule has 0 aromatic heterocycles. The van der Waals surface area contributed by atoms with E-state index in [-0.39, 0.29) is 5.25 Å². The normalized spacial score (nSPS) is 19.2. The Balaban J connectivity index is 2.23. The second kappa shape index (κ2) is 5.39. The van der Waals surface area contributed by atoms with E-state index in [0.29, 0.717) is 18.4 Å². The van der Waals surface area contributed by atoms with Crippen molar-refractivity contribution >= 4 is 9.84 Å². The van der Waals surface area contributed by atoms with Crippen LogP contribution in [0.15, 0.2) is 24.3 Å². The van der Waals surface area contributed by atoms with Crippen LogP contribution in [0, 0.1) is 0 Å². The Morgan fingerprint density at radius 3 is 2.05 bits per heavy atom. The molecule has 1 aromatic rings. The maximum absolute atomic E-state index is 12.5. The molecule has 0 N–H and O–H groups in total. The molecule has 112 valence electrons. The van der Waals surface area contributed by atoms with Gasteiger partial charge in [0.15, 0.2) is 9.84 Å². The second-order valence-corrected chi connectivity index (χ2v) is 7.81. The maximum atomic E-state index is 12.5. The van der Waals surface area contributed by atoms with Crippen molar-refractivity contribution in [3.63, 3.8) is 0 Å². The van der Waals surface area contributed by atoms with E-state index < -0.39 is 26.8 Å². The summed E-state index contributed by atoms with van der Waals surface area (Å²) in [4.78, 5) is 0. The summed E-state index contributed by atoms with van der Waals surface area (Å²) >= 11 is 0. The van der Waals surface area contributed by atoms with Gasteiger partial charge in [-0.3, -0.25) is 0 Å². The minimum atomic E-state index is -4.40. The van der Waals surface area contributed by atoms with Gasteiger partial charge in [-0.1, -0.05) is 25.0 Å². The van der Waals surface area contributed by atoms with E-state index in [1.54, 1.807) is 6.92 Å². The highest BCUT2D eigenvalue weighted by atomic mass is 32.2. The molecule has 1 saturated carbocycles. The number of benzene rings is 1. The Morgan fingerprint density at radius 1 is 1.10 bits per heavy atom. The highest BCUT2D eigenvalue weighted by Gasteiger charge is 2.35. The summed E-state index contributed by atoms with van der Waals surface area (Å²) in [6.45, 7) is 1.55. The zero-order valence-corrected chi connectivity index (χ0v) is 12.0. The van der Waals surface area contributed by atoms with Crippen molar-refractivity contribution in [3.8, 4) is 0 Å². The van der Waals surface area contributed by atoms with Crippen LogP contribution in [0.2, 0.25) is 0 Å². The number of alkyl halides is 3. The van der Waals surface area contributed by atoms with E-state index in [0.717, 1.165) is 25.0 Å². The van der Waals surface area contributed by atoms with Gasteiger partial charge in [0, 0.05) is 0 Å². The standard InChI is InChI=1S/C14H17F3O2S/c1-10(20(18,19)13-4-2-3-5-13)11-6-8-12(9-7-11)14(15,16)17/h6-10,13H,2-5H2,1H3. The molecular formula is C14H17F3O2S. The van der Waals surface area contributed by atoms with Gasteiger partial charge in [0.1, 0.15) is 0 Å². The van der Waals surface area contributed by atoms with Crippen LogP contribution in [0.3, 0.4) is 0 Å². The number of halogens is 3. The van der Waals surface area contributed by atoms with Crippen molar-refractivity contribution in [2.24, 2.45) is 0 Å². The van der Waals surface area contributed by atoms with Gasteiger partial charge in [-0.05, 0) is 37.5 Å². The summed E-state index contributed by atoms with van der Waals surface area (Å²) in [5.41, 5.74) is -0.336. The number of hydrogen-bond donors (Lipinski definition) is 0. The number of rotatable bonds is 3. The predicted molar refractivity (Wildman–Crippen MR) is 71.0 cm³/mol. The zero-order chi connectivity index (χ0) is 15.0. The van der Waals surface area contributed by atoms with Gasteiger partial charge in [0.05, 0.1) is 16.1 Å². The highest BCUT2D eigenvalue weighted by Crippen LogP contribution is 2.35. The van der Waals surface area contributed by atoms with Crippen LogP contribution in [0.5, 0.6) is 0 Å². The van der Waals surface area contributed by atoms with E-state index in [4.69, 9.17) is 0 Å².